The molecule has 0 radical (unpaired) electrons. The molecule has 0 rings (SSSR count). The second-order valence-corrected chi connectivity index (χ2v) is 2.51. The van der Waals surface area contributed by atoms with E-state index in [1.165, 1.54) is 0 Å². The van der Waals surface area contributed by atoms with Crippen molar-refractivity contribution >= 4 is 6.21 Å². The van der Waals surface area contributed by atoms with Gasteiger partial charge in [0.2, 0.25) is 0 Å². The van der Waals surface area contributed by atoms with E-state index >= 15 is 0 Å². The Morgan fingerprint density at radius 3 is 1.71 bits per heavy atom. The van der Waals surface area contributed by atoms with Crippen LogP contribution in [0.1, 0.15) is 27.7 Å². The highest BCUT2D eigenvalue weighted by atomic mass is 14.8. The van der Waals surface area contributed by atoms with Crippen molar-refractivity contribution in [3.8, 4) is 0 Å². The molecule has 0 fully saturated rings. The Kier molecular flexibility index (Phi) is 2.00. The Balaban J connectivity index is 3.56. The van der Waals surface area contributed by atoms with Crippen LogP contribution in [0.15, 0.2) is 4.99 Å². The van der Waals surface area contributed by atoms with Crippen molar-refractivity contribution in [1.29, 1.82) is 0 Å². The normalized spacial score (nSPS) is 13.1. The van der Waals surface area contributed by atoms with Crippen molar-refractivity contribution in [2.45, 2.75) is 33.2 Å². The van der Waals surface area contributed by atoms with Gasteiger partial charge in [-0.05, 0) is 20.8 Å². The quantitative estimate of drug-likeness (QED) is 0.323. The van der Waals surface area contributed by atoms with Gasteiger partial charge in [0.05, 0.1) is 0 Å². The molecule has 0 atom stereocenters. The van der Waals surface area contributed by atoms with Gasteiger partial charge >= 0.3 is 0 Å². The predicted octanol–water partition coefficient (Wildman–Crippen LogP) is 1.75. The predicted molar refractivity (Wildman–Crippen MR) is 32.9 cm³/mol. The van der Waals surface area contributed by atoms with E-state index in [2.05, 4.69) is 11.2 Å². The highest BCUT2D eigenvalue weighted by Crippen LogP contribution is 2.03. The van der Waals surface area contributed by atoms with E-state index in [4.69, 9.17) is 0 Å². The highest BCUT2D eigenvalue weighted by Gasteiger charge is 1.97. The average molecular weight is 98.2 g/mol. The zero-order valence-corrected chi connectivity index (χ0v) is 5.45. The SMILES string of the molecule is C[C-]=NC(C)(C)C. The number of nitrogens with zero attached hydrogens (tertiary/aromatic N) is 1. The molecular weight excluding hydrogens is 86.1 g/mol. The maximum absolute atomic E-state index is 4.01. The van der Waals surface area contributed by atoms with Crippen LogP contribution in [-0.2, 0) is 0 Å². The largest absolute Gasteiger partial charge is 0.499 e. The van der Waals surface area contributed by atoms with Gasteiger partial charge < -0.3 is 11.2 Å². The fourth-order valence-electron chi connectivity index (χ4n) is 0.335. The fraction of sp³-hybridized carbons (Fsp3) is 0.833. The Morgan fingerprint density at radius 1 is 1.29 bits per heavy atom. The molecule has 0 aliphatic heterocycles. The minimum atomic E-state index is 0.0642. The lowest BCUT2D eigenvalue weighted by Crippen LogP contribution is -2.08. The van der Waals surface area contributed by atoms with Crippen LogP contribution >= 0.6 is 0 Å². The van der Waals surface area contributed by atoms with E-state index in [-0.39, 0.29) is 5.54 Å². The molecule has 7 heavy (non-hydrogen) atoms. The number of rotatable bonds is 0. The van der Waals surface area contributed by atoms with Crippen LogP contribution in [0.5, 0.6) is 0 Å². The Morgan fingerprint density at radius 2 is 1.71 bits per heavy atom. The van der Waals surface area contributed by atoms with E-state index in [1.54, 1.807) is 0 Å². The smallest absolute Gasteiger partial charge is 0.0145 e. The van der Waals surface area contributed by atoms with Crippen molar-refractivity contribution in [2.24, 2.45) is 4.99 Å². The molecule has 0 spiro atoms. The summed E-state index contributed by atoms with van der Waals surface area (Å²) in [5, 5.41) is 0. The van der Waals surface area contributed by atoms with Gasteiger partial charge in [-0.1, -0.05) is 0 Å². The van der Waals surface area contributed by atoms with Crippen molar-refractivity contribution < 1.29 is 0 Å². The summed E-state index contributed by atoms with van der Waals surface area (Å²) in [6, 6.07) is 0. The van der Waals surface area contributed by atoms with E-state index in [9.17, 15) is 0 Å². The van der Waals surface area contributed by atoms with Crippen LogP contribution in [0, 0.1) is 0 Å². The minimum absolute atomic E-state index is 0.0642. The monoisotopic (exact) mass is 98.1 g/mol. The molecule has 0 unspecified atom stereocenters. The van der Waals surface area contributed by atoms with Gasteiger partial charge in [-0.2, -0.15) is 6.92 Å². The number of hydrogen-bond acceptors (Lipinski definition) is 1. The van der Waals surface area contributed by atoms with Crippen LogP contribution in [0.4, 0.5) is 0 Å². The first kappa shape index (κ1) is 6.67. The Hall–Kier alpha value is -0.330. The summed E-state index contributed by atoms with van der Waals surface area (Å²) in [4.78, 5) is 4.01. The van der Waals surface area contributed by atoms with Gasteiger partial charge in [-0.25, -0.2) is 0 Å². The van der Waals surface area contributed by atoms with Gasteiger partial charge in [0.1, 0.15) is 0 Å². The van der Waals surface area contributed by atoms with Gasteiger partial charge in [0.25, 0.3) is 0 Å². The van der Waals surface area contributed by atoms with E-state index in [0.29, 0.717) is 0 Å². The summed E-state index contributed by atoms with van der Waals surface area (Å²) in [5.41, 5.74) is 0.0642. The molecule has 0 aromatic rings. The summed E-state index contributed by atoms with van der Waals surface area (Å²) < 4.78 is 0. The Bertz CT molecular complexity index is 66.7. The zero-order chi connectivity index (χ0) is 5.91. The molecule has 0 heterocycles. The van der Waals surface area contributed by atoms with Gasteiger partial charge in [0, 0.05) is 5.54 Å². The lowest BCUT2D eigenvalue weighted by Gasteiger charge is -2.17. The highest BCUT2D eigenvalue weighted by molar-refractivity contribution is 5.53. The van der Waals surface area contributed by atoms with Crippen molar-refractivity contribution in [1.82, 2.24) is 0 Å². The van der Waals surface area contributed by atoms with Crippen LogP contribution in [0.3, 0.4) is 0 Å². The maximum Gasteiger partial charge on any atom is 0.0145 e. The molecule has 0 N–H and O–H groups in total. The van der Waals surface area contributed by atoms with Crippen molar-refractivity contribution in [3.63, 3.8) is 0 Å². The molecule has 0 aliphatic carbocycles. The third-order valence-electron chi connectivity index (χ3n) is 0.447. The van der Waals surface area contributed by atoms with Crippen LogP contribution in [0.25, 0.3) is 0 Å². The minimum Gasteiger partial charge on any atom is -0.499 e. The molecule has 0 saturated carbocycles. The molecule has 0 saturated heterocycles. The van der Waals surface area contributed by atoms with Crippen LogP contribution in [0.2, 0.25) is 0 Å². The van der Waals surface area contributed by atoms with Crippen molar-refractivity contribution in [2.75, 3.05) is 0 Å². The standard InChI is InChI=1S/C6H12N/c1-5-7-6(2,3)4/h1-4H3/q-1. The Labute approximate surface area is 45.5 Å². The fourth-order valence-corrected chi connectivity index (χ4v) is 0.335. The third-order valence-corrected chi connectivity index (χ3v) is 0.447. The first-order valence-electron chi connectivity index (χ1n) is 2.45. The molecule has 1 nitrogen and oxygen atoms in total. The number of hydrogen-bond donors (Lipinski definition) is 0. The van der Waals surface area contributed by atoms with Crippen LogP contribution in [-0.4, -0.2) is 11.8 Å². The second-order valence-electron chi connectivity index (χ2n) is 2.51. The second kappa shape index (κ2) is 2.10. The number of aliphatic imine (C=N–C) groups is 1. The first-order valence-corrected chi connectivity index (χ1v) is 2.45. The summed E-state index contributed by atoms with van der Waals surface area (Å²) in [6.45, 7) is 7.95. The van der Waals surface area contributed by atoms with Crippen LogP contribution < -0.4 is 0 Å². The summed E-state index contributed by atoms with van der Waals surface area (Å²) in [5.74, 6) is 0. The summed E-state index contributed by atoms with van der Waals surface area (Å²) in [7, 11) is 0. The van der Waals surface area contributed by atoms with Gasteiger partial charge in [0.15, 0.2) is 0 Å². The molecule has 0 aromatic carbocycles. The first-order chi connectivity index (χ1) is 3.06. The van der Waals surface area contributed by atoms with E-state index < -0.39 is 0 Å². The third kappa shape index (κ3) is 5.67. The van der Waals surface area contributed by atoms with Gasteiger partial charge in [-0.3, -0.25) is 0 Å². The maximum atomic E-state index is 4.01. The summed E-state index contributed by atoms with van der Waals surface area (Å²) in [6.07, 6.45) is 2.73. The van der Waals surface area contributed by atoms with Crippen molar-refractivity contribution in [3.05, 3.63) is 0 Å². The molecule has 0 bridgehead atoms. The lowest BCUT2D eigenvalue weighted by atomic mass is 10.1. The molecule has 0 aromatic heterocycles. The average Bonchev–Trinajstić information content (AvgIpc) is 1.30. The molecular formula is C6H12N-. The zero-order valence-electron chi connectivity index (χ0n) is 5.45. The summed E-state index contributed by atoms with van der Waals surface area (Å²) >= 11 is 0. The molecule has 42 valence electrons. The molecule has 0 aliphatic rings. The van der Waals surface area contributed by atoms with E-state index in [1.807, 2.05) is 27.7 Å². The molecule has 1 heteroatoms. The molecule has 0 amide bonds. The lowest BCUT2D eigenvalue weighted by molar-refractivity contribution is 0.586. The topological polar surface area (TPSA) is 12.4 Å². The van der Waals surface area contributed by atoms with Gasteiger partial charge in [-0.15, -0.1) is 0 Å². The van der Waals surface area contributed by atoms with E-state index in [0.717, 1.165) is 0 Å².